The molecule has 3 nitrogen and oxygen atoms in total. The first-order valence-electron chi connectivity index (χ1n) is 4.18. The lowest BCUT2D eigenvalue weighted by Crippen LogP contribution is -2.46. The third-order valence-electron chi connectivity index (χ3n) is 1.97. The Bertz CT molecular complexity index is 336. The van der Waals surface area contributed by atoms with Crippen LogP contribution in [0.1, 0.15) is 12.5 Å². The molecular formula is C10H13Br2NO2. The maximum Gasteiger partial charge on any atom is 0.323 e. The van der Waals surface area contributed by atoms with E-state index in [1.165, 1.54) is 6.92 Å². The van der Waals surface area contributed by atoms with Gasteiger partial charge >= 0.3 is 5.97 Å². The number of halogens is 2. The summed E-state index contributed by atoms with van der Waals surface area (Å²) in [5.74, 6) is -0.986. The lowest BCUT2D eigenvalue weighted by molar-refractivity contribution is -0.142. The molecule has 1 rings (SSSR count). The number of carbonyl (C=O) groups is 1. The first-order chi connectivity index (χ1) is 6.42. The van der Waals surface area contributed by atoms with Gasteiger partial charge in [0, 0.05) is 10.9 Å². The van der Waals surface area contributed by atoms with Gasteiger partial charge in [-0.25, -0.2) is 0 Å². The first kappa shape index (κ1) is 14.6. The minimum absolute atomic E-state index is 0. The smallest absolute Gasteiger partial charge is 0.323 e. The molecule has 3 N–H and O–H groups in total. The normalized spacial score (nSPS) is 13.8. The van der Waals surface area contributed by atoms with E-state index in [0.29, 0.717) is 6.42 Å². The fraction of sp³-hybridized carbons (Fsp3) is 0.300. The number of benzene rings is 1. The summed E-state index contributed by atoms with van der Waals surface area (Å²) in [6, 6.07) is 7.46. The Hall–Kier alpha value is -0.390. The van der Waals surface area contributed by atoms with Gasteiger partial charge in [-0.3, -0.25) is 4.79 Å². The number of hydrogen-bond acceptors (Lipinski definition) is 2. The topological polar surface area (TPSA) is 63.3 Å². The molecule has 0 saturated carbocycles. The maximum atomic E-state index is 10.8. The van der Waals surface area contributed by atoms with Crippen LogP contribution in [-0.4, -0.2) is 16.6 Å². The molecule has 5 heteroatoms. The van der Waals surface area contributed by atoms with E-state index in [1.54, 1.807) is 0 Å². The van der Waals surface area contributed by atoms with Crippen LogP contribution < -0.4 is 5.73 Å². The van der Waals surface area contributed by atoms with Gasteiger partial charge in [0.05, 0.1) is 0 Å². The van der Waals surface area contributed by atoms with Crippen LogP contribution in [-0.2, 0) is 11.2 Å². The Balaban J connectivity index is 0.00000196. The van der Waals surface area contributed by atoms with Gasteiger partial charge in [0.1, 0.15) is 5.54 Å². The number of rotatable bonds is 3. The van der Waals surface area contributed by atoms with Crippen LogP contribution in [0, 0.1) is 0 Å². The molecule has 0 heterocycles. The maximum absolute atomic E-state index is 10.8. The molecule has 1 atom stereocenters. The van der Waals surface area contributed by atoms with E-state index in [1.807, 2.05) is 24.3 Å². The Morgan fingerprint density at radius 3 is 2.33 bits per heavy atom. The molecule has 0 unspecified atom stereocenters. The van der Waals surface area contributed by atoms with Crippen molar-refractivity contribution in [3.05, 3.63) is 34.3 Å². The van der Waals surface area contributed by atoms with E-state index in [-0.39, 0.29) is 17.0 Å². The van der Waals surface area contributed by atoms with Crippen LogP contribution >= 0.6 is 32.9 Å². The lowest BCUT2D eigenvalue weighted by Gasteiger charge is -2.18. The Morgan fingerprint density at radius 1 is 1.47 bits per heavy atom. The van der Waals surface area contributed by atoms with Gasteiger partial charge in [0.2, 0.25) is 0 Å². The third-order valence-corrected chi connectivity index (χ3v) is 2.50. The second-order valence-corrected chi connectivity index (χ2v) is 4.44. The molecule has 0 aliphatic carbocycles. The van der Waals surface area contributed by atoms with Gasteiger partial charge in [-0.1, -0.05) is 28.1 Å². The van der Waals surface area contributed by atoms with Crippen LogP contribution in [0.15, 0.2) is 28.7 Å². The van der Waals surface area contributed by atoms with Gasteiger partial charge < -0.3 is 10.8 Å². The molecule has 0 aromatic heterocycles. The average Bonchev–Trinajstić information content (AvgIpc) is 2.08. The van der Waals surface area contributed by atoms with Gasteiger partial charge in [0.25, 0.3) is 0 Å². The zero-order chi connectivity index (χ0) is 10.8. The van der Waals surface area contributed by atoms with Crippen molar-refractivity contribution < 1.29 is 9.90 Å². The predicted octanol–water partition coefficient (Wildman–Crippen LogP) is 2.37. The fourth-order valence-corrected chi connectivity index (χ4v) is 1.37. The zero-order valence-corrected chi connectivity index (χ0v) is 11.5. The van der Waals surface area contributed by atoms with Crippen molar-refractivity contribution >= 4 is 38.9 Å². The van der Waals surface area contributed by atoms with E-state index in [4.69, 9.17) is 10.8 Å². The van der Waals surface area contributed by atoms with Gasteiger partial charge in [-0.2, -0.15) is 0 Å². The minimum Gasteiger partial charge on any atom is -0.480 e. The molecular weight excluding hydrogens is 326 g/mol. The van der Waals surface area contributed by atoms with Crippen LogP contribution in [0.3, 0.4) is 0 Å². The molecule has 15 heavy (non-hydrogen) atoms. The largest absolute Gasteiger partial charge is 0.480 e. The van der Waals surface area contributed by atoms with Crippen molar-refractivity contribution in [2.75, 3.05) is 0 Å². The van der Waals surface area contributed by atoms with E-state index in [0.717, 1.165) is 10.0 Å². The summed E-state index contributed by atoms with van der Waals surface area (Å²) in [6.45, 7) is 1.51. The highest BCUT2D eigenvalue weighted by atomic mass is 79.9. The molecule has 0 spiro atoms. The van der Waals surface area contributed by atoms with Gasteiger partial charge in [-0.05, 0) is 24.6 Å². The molecule has 1 aromatic carbocycles. The molecule has 0 amide bonds. The highest BCUT2D eigenvalue weighted by Gasteiger charge is 2.27. The monoisotopic (exact) mass is 337 g/mol. The summed E-state index contributed by atoms with van der Waals surface area (Å²) in [4.78, 5) is 10.8. The first-order valence-corrected chi connectivity index (χ1v) is 4.98. The molecule has 84 valence electrons. The van der Waals surface area contributed by atoms with E-state index in [2.05, 4.69) is 15.9 Å². The van der Waals surface area contributed by atoms with Crippen molar-refractivity contribution in [1.29, 1.82) is 0 Å². The molecule has 0 radical (unpaired) electrons. The quantitative estimate of drug-likeness (QED) is 0.889. The number of hydrogen-bond donors (Lipinski definition) is 2. The Morgan fingerprint density at radius 2 is 1.93 bits per heavy atom. The lowest BCUT2D eigenvalue weighted by atomic mass is 9.94. The Labute approximate surface area is 108 Å². The van der Waals surface area contributed by atoms with Crippen LogP contribution in [0.2, 0.25) is 0 Å². The molecule has 1 aromatic rings. The second-order valence-electron chi connectivity index (χ2n) is 3.53. The predicted molar refractivity (Wildman–Crippen MR) is 68.4 cm³/mol. The minimum atomic E-state index is -1.20. The number of carboxylic acids is 1. The van der Waals surface area contributed by atoms with Crippen molar-refractivity contribution in [2.24, 2.45) is 5.73 Å². The summed E-state index contributed by atoms with van der Waals surface area (Å²) < 4.78 is 0.968. The fourth-order valence-electron chi connectivity index (χ4n) is 1.10. The van der Waals surface area contributed by atoms with Crippen molar-refractivity contribution in [3.8, 4) is 0 Å². The molecule has 0 aliphatic heterocycles. The standard InChI is InChI=1S/C10H12BrNO2.BrH/c1-10(12,9(13)14)6-7-2-4-8(11)5-3-7;/h2-5H,6,12H2,1H3,(H,13,14);1H/t10-;/m1./s1. The molecule has 0 aliphatic rings. The number of carboxylic acid groups (broad SMARTS) is 1. The molecule has 0 fully saturated rings. The summed E-state index contributed by atoms with van der Waals surface area (Å²) in [5, 5.41) is 8.82. The van der Waals surface area contributed by atoms with Crippen LogP contribution in [0.5, 0.6) is 0 Å². The summed E-state index contributed by atoms with van der Waals surface area (Å²) >= 11 is 3.31. The molecule has 0 bridgehead atoms. The third kappa shape index (κ3) is 4.32. The number of aliphatic carboxylic acids is 1. The Kier molecular flexibility index (Phi) is 5.48. The summed E-state index contributed by atoms with van der Waals surface area (Å²) in [6.07, 6.45) is 0.329. The van der Waals surface area contributed by atoms with Gasteiger partial charge in [-0.15, -0.1) is 17.0 Å². The van der Waals surface area contributed by atoms with Gasteiger partial charge in [0.15, 0.2) is 0 Å². The molecule has 0 saturated heterocycles. The second kappa shape index (κ2) is 5.63. The highest BCUT2D eigenvalue weighted by Crippen LogP contribution is 2.15. The van der Waals surface area contributed by atoms with E-state index in [9.17, 15) is 4.79 Å². The van der Waals surface area contributed by atoms with E-state index < -0.39 is 11.5 Å². The summed E-state index contributed by atoms with van der Waals surface area (Å²) in [5.41, 5.74) is 5.34. The average molecular weight is 339 g/mol. The highest BCUT2D eigenvalue weighted by molar-refractivity contribution is 9.10. The van der Waals surface area contributed by atoms with Crippen molar-refractivity contribution in [3.63, 3.8) is 0 Å². The number of nitrogens with two attached hydrogens (primary N) is 1. The van der Waals surface area contributed by atoms with Crippen molar-refractivity contribution in [2.45, 2.75) is 18.9 Å². The zero-order valence-electron chi connectivity index (χ0n) is 8.24. The van der Waals surface area contributed by atoms with Crippen molar-refractivity contribution in [1.82, 2.24) is 0 Å². The van der Waals surface area contributed by atoms with E-state index >= 15 is 0 Å². The summed E-state index contributed by atoms with van der Waals surface area (Å²) in [7, 11) is 0. The van der Waals surface area contributed by atoms with Crippen LogP contribution in [0.4, 0.5) is 0 Å². The van der Waals surface area contributed by atoms with Crippen LogP contribution in [0.25, 0.3) is 0 Å². The SMILES string of the molecule is Br.C[C@@](N)(Cc1ccc(Br)cc1)C(=O)O.